The van der Waals surface area contributed by atoms with Gasteiger partial charge in [0.1, 0.15) is 5.82 Å². The number of allylic oxidation sites excluding steroid dienone is 1. The summed E-state index contributed by atoms with van der Waals surface area (Å²) in [4.78, 5) is 17.2. The summed E-state index contributed by atoms with van der Waals surface area (Å²) in [6, 6.07) is 13.9. The van der Waals surface area contributed by atoms with Gasteiger partial charge < -0.3 is 10.4 Å². The van der Waals surface area contributed by atoms with Crippen molar-refractivity contribution in [3.05, 3.63) is 75.5 Å². The van der Waals surface area contributed by atoms with E-state index in [-0.39, 0.29) is 16.5 Å². The van der Waals surface area contributed by atoms with Crippen molar-refractivity contribution >= 4 is 28.2 Å². The highest BCUT2D eigenvalue weighted by atomic mass is 16.8. The average Bonchev–Trinajstić information content (AvgIpc) is 2.98. The second-order valence-corrected chi connectivity index (χ2v) is 5.70. The number of fused-ring (bicyclic) bond motifs is 2. The van der Waals surface area contributed by atoms with E-state index < -0.39 is 0 Å². The molecule has 1 N–H and O–H groups in total. The van der Waals surface area contributed by atoms with Gasteiger partial charge in [-0.25, -0.2) is 4.98 Å². The number of hydrogen-bond acceptors (Lipinski definition) is 5. The largest absolute Gasteiger partial charge is 0.733 e. The lowest BCUT2D eigenvalue weighted by Crippen LogP contribution is -2.20. The highest BCUT2D eigenvalue weighted by molar-refractivity contribution is 5.85. The van der Waals surface area contributed by atoms with Gasteiger partial charge in [-0.3, -0.25) is 14.6 Å². The van der Waals surface area contributed by atoms with Crippen molar-refractivity contribution in [3.63, 3.8) is 0 Å². The van der Waals surface area contributed by atoms with Crippen molar-refractivity contribution in [2.75, 3.05) is 5.23 Å². The Labute approximate surface area is 137 Å². The summed E-state index contributed by atoms with van der Waals surface area (Å²) in [5.74, 6) is 0.659. The molecule has 24 heavy (non-hydrogen) atoms. The predicted molar refractivity (Wildman–Crippen MR) is 92.6 cm³/mol. The molecule has 0 amide bonds. The molecule has 4 rings (SSSR count). The first kappa shape index (κ1) is 14.6. The summed E-state index contributed by atoms with van der Waals surface area (Å²) in [5.41, 5.74) is 2.51. The lowest BCUT2D eigenvalue weighted by molar-refractivity contribution is 0.296. The lowest BCUT2D eigenvalue weighted by atomic mass is 10.1. The smallest absolute Gasteiger partial charge is 0.261 e. The molecule has 1 aliphatic rings. The van der Waals surface area contributed by atoms with Crippen molar-refractivity contribution in [3.8, 4) is 0 Å². The molecular weight excluding hydrogens is 306 g/mol. The molecule has 1 aliphatic heterocycles. The molecule has 0 aliphatic carbocycles. The van der Waals surface area contributed by atoms with Gasteiger partial charge in [-0.2, -0.15) is 0 Å². The average molecular weight is 320 g/mol. The van der Waals surface area contributed by atoms with Gasteiger partial charge in [-0.05, 0) is 47.9 Å². The van der Waals surface area contributed by atoms with Gasteiger partial charge in [0.2, 0.25) is 0 Å². The quantitative estimate of drug-likeness (QED) is 0.734. The van der Waals surface area contributed by atoms with Crippen LogP contribution in [0.4, 0.5) is 5.69 Å². The molecule has 1 aromatic heterocycles. The van der Waals surface area contributed by atoms with E-state index in [1.807, 2.05) is 30.3 Å². The van der Waals surface area contributed by atoms with Crippen molar-refractivity contribution < 1.29 is 5.21 Å². The number of benzene rings is 2. The Morgan fingerprint density at radius 3 is 2.88 bits per heavy atom. The van der Waals surface area contributed by atoms with Crippen molar-refractivity contribution in [1.29, 1.82) is 0 Å². The zero-order valence-corrected chi connectivity index (χ0v) is 12.7. The fourth-order valence-electron chi connectivity index (χ4n) is 3.04. The summed E-state index contributed by atoms with van der Waals surface area (Å²) in [5, 5.41) is 20.5. The van der Waals surface area contributed by atoms with Gasteiger partial charge >= 0.3 is 0 Å². The monoisotopic (exact) mass is 320 g/mol. The molecule has 2 heterocycles. The molecular formula is C18H14N3O3-. The summed E-state index contributed by atoms with van der Waals surface area (Å²) < 4.78 is 1.68. The van der Waals surface area contributed by atoms with E-state index in [0.717, 1.165) is 11.1 Å². The zero-order valence-electron chi connectivity index (χ0n) is 12.7. The summed E-state index contributed by atoms with van der Waals surface area (Å²) >= 11 is 0. The Kier molecular flexibility index (Phi) is 3.41. The molecule has 3 aromatic rings. The number of aromatic nitrogens is 2. The Bertz CT molecular complexity index is 1020. The third-order valence-electron chi connectivity index (χ3n) is 4.19. The minimum Gasteiger partial charge on any atom is -0.733 e. The topological polar surface area (TPSA) is 81.4 Å². The van der Waals surface area contributed by atoms with Crippen LogP contribution in [0, 0.1) is 5.21 Å². The Balaban J connectivity index is 1.84. The van der Waals surface area contributed by atoms with E-state index in [1.165, 1.54) is 6.07 Å². The van der Waals surface area contributed by atoms with Gasteiger partial charge in [-0.1, -0.05) is 24.3 Å². The Hall–Kier alpha value is -2.96. The van der Waals surface area contributed by atoms with Crippen LogP contribution in [-0.2, 0) is 6.54 Å². The molecule has 0 atom stereocenters. The van der Waals surface area contributed by atoms with Crippen LogP contribution in [0.2, 0.25) is 0 Å². The highest BCUT2D eigenvalue weighted by Gasteiger charge is 2.20. The maximum Gasteiger partial charge on any atom is 0.261 e. The van der Waals surface area contributed by atoms with Crippen molar-refractivity contribution in [2.45, 2.75) is 13.0 Å². The van der Waals surface area contributed by atoms with Crippen molar-refractivity contribution in [1.82, 2.24) is 9.55 Å². The maximum absolute atomic E-state index is 12.6. The van der Waals surface area contributed by atoms with Gasteiger partial charge in [0, 0.05) is 6.54 Å². The second kappa shape index (κ2) is 5.59. The zero-order chi connectivity index (χ0) is 16.7. The second-order valence-electron chi connectivity index (χ2n) is 5.70. The lowest BCUT2D eigenvalue weighted by Gasteiger charge is -2.21. The number of rotatable bonds is 2. The maximum atomic E-state index is 12.6. The fourth-order valence-corrected chi connectivity index (χ4v) is 3.04. The SMILES string of the molecule is O=c1c2ccccc2nc2n1CCC2=Cc1cccc(N([O-])O)c1. The fraction of sp³-hybridized carbons (Fsp3) is 0.111. The molecule has 0 saturated heterocycles. The molecule has 0 spiro atoms. The summed E-state index contributed by atoms with van der Waals surface area (Å²) in [6.45, 7) is 0.588. The van der Waals surface area contributed by atoms with E-state index in [0.29, 0.717) is 29.7 Å². The number of hydrogen-bond donors (Lipinski definition) is 1. The van der Waals surface area contributed by atoms with Crippen LogP contribution in [-0.4, -0.2) is 14.8 Å². The van der Waals surface area contributed by atoms with Crippen LogP contribution >= 0.6 is 0 Å². The van der Waals surface area contributed by atoms with Crippen LogP contribution in [0.15, 0.2) is 53.3 Å². The summed E-state index contributed by atoms with van der Waals surface area (Å²) in [7, 11) is 0. The third kappa shape index (κ3) is 2.38. The standard InChI is InChI=1S/C18H14N3O3/c22-18-15-6-1-2-7-16(15)19-17-13(8-9-20(17)18)10-12-4-3-5-14(11-12)21(23)24/h1-7,10-11,23H,8-9H2/q-1. The van der Waals surface area contributed by atoms with E-state index in [4.69, 9.17) is 5.21 Å². The first-order valence-corrected chi connectivity index (χ1v) is 7.60. The van der Waals surface area contributed by atoms with Gasteiger partial charge in [-0.15, -0.1) is 0 Å². The third-order valence-corrected chi connectivity index (χ3v) is 4.19. The van der Waals surface area contributed by atoms with Gasteiger partial charge in [0.25, 0.3) is 5.56 Å². The van der Waals surface area contributed by atoms with Crippen LogP contribution in [0.1, 0.15) is 17.8 Å². The van der Waals surface area contributed by atoms with E-state index in [2.05, 4.69) is 4.98 Å². The first-order chi connectivity index (χ1) is 11.6. The van der Waals surface area contributed by atoms with Crippen molar-refractivity contribution in [2.24, 2.45) is 0 Å². The van der Waals surface area contributed by atoms with E-state index in [1.54, 1.807) is 22.8 Å². The molecule has 0 fully saturated rings. The van der Waals surface area contributed by atoms with E-state index in [9.17, 15) is 10.0 Å². The Morgan fingerprint density at radius 1 is 1.21 bits per heavy atom. The molecule has 6 heteroatoms. The molecule has 6 nitrogen and oxygen atoms in total. The van der Waals surface area contributed by atoms with Gasteiger partial charge in [0.15, 0.2) is 0 Å². The number of nitrogens with zero attached hydrogens (tertiary/aromatic N) is 3. The van der Waals surface area contributed by atoms with Crippen LogP contribution in [0.25, 0.3) is 22.6 Å². The molecule has 0 radical (unpaired) electrons. The first-order valence-electron chi connectivity index (χ1n) is 7.60. The van der Waals surface area contributed by atoms with Crippen LogP contribution in [0.3, 0.4) is 0 Å². The predicted octanol–water partition coefficient (Wildman–Crippen LogP) is 3.03. The molecule has 0 bridgehead atoms. The highest BCUT2D eigenvalue weighted by Crippen LogP contribution is 2.28. The van der Waals surface area contributed by atoms with Crippen LogP contribution in [0.5, 0.6) is 0 Å². The Morgan fingerprint density at radius 2 is 2.04 bits per heavy atom. The molecule has 2 aromatic carbocycles. The normalized spacial score (nSPS) is 15.0. The van der Waals surface area contributed by atoms with E-state index >= 15 is 0 Å². The minimum absolute atomic E-state index is 0.0335. The van der Waals surface area contributed by atoms with Crippen LogP contribution < -0.4 is 10.8 Å². The molecule has 0 saturated carbocycles. The number of anilines is 1. The molecule has 120 valence electrons. The molecule has 0 unspecified atom stereocenters. The van der Waals surface area contributed by atoms with Gasteiger partial charge in [0.05, 0.1) is 16.6 Å². The minimum atomic E-state index is -0.166. The summed E-state index contributed by atoms with van der Waals surface area (Å²) in [6.07, 6.45) is 2.59. The number of para-hydroxylation sites is 1.